The number of carbonyl (C=O) groups is 1. The number of anilines is 3. The molecule has 1 aromatic carbocycles. The van der Waals surface area contributed by atoms with Crippen LogP contribution >= 0.6 is 11.3 Å². The molecule has 1 saturated heterocycles. The van der Waals surface area contributed by atoms with Crippen LogP contribution in [0.2, 0.25) is 0 Å². The van der Waals surface area contributed by atoms with Crippen molar-refractivity contribution in [3.05, 3.63) is 40.5 Å². The molecule has 31 heavy (non-hydrogen) atoms. The minimum atomic E-state index is 0.0805. The molecule has 4 N–H and O–H groups in total. The zero-order valence-electron chi connectivity index (χ0n) is 16.9. The normalized spacial score (nSPS) is 16.3. The second kappa shape index (κ2) is 8.12. The van der Waals surface area contributed by atoms with E-state index >= 15 is 0 Å². The van der Waals surface area contributed by atoms with Gasteiger partial charge in [-0.15, -0.1) is 11.3 Å². The number of thiophene rings is 1. The molecule has 160 valence electrons. The average molecular weight is 438 g/mol. The zero-order chi connectivity index (χ0) is 21.4. The Morgan fingerprint density at radius 3 is 2.87 bits per heavy atom. The number of rotatable bonds is 3. The number of amides is 2. The number of nitrogens with one attached hydrogen (secondary N) is 2. The lowest BCUT2D eigenvalue weighted by Gasteiger charge is -2.34. The van der Waals surface area contributed by atoms with Gasteiger partial charge in [-0.2, -0.15) is 0 Å². The Kier molecular flexibility index (Phi) is 5.16. The predicted octanol–water partition coefficient (Wildman–Crippen LogP) is 2.83. The number of aromatic nitrogens is 2. The molecule has 1 fully saturated rings. The first-order chi connectivity index (χ1) is 15.1. The van der Waals surface area contributed by atoms with Crippen LogP contribution in [0.15, 0.2) is 24.5 Å². The van der Waals surface area contributed by atoms with Gasteiger partial charge in [0.15, 0.2) is 0 Å². The summed E-state index contributed by atoms with van der Waals surface area (Å²) in [5, 5.41) is 11.9. The van der Waals surface area contributed by atoms with Gasteiger partial charge in [0.05, 0.1) is 25.1 Å². The van der Waals surface area contributed by atoms with E-state index in [2.05, 4.69) is 15.3 Å². The summed E-state index contributed by atoms with van der Waals surface area (Å²) in [6.07, 6.45) is 3.56. The quantitative estimate of drug-likeness (QED) is 0.428. The van der Waals surface area contributed by atoms with Gasteiger partial charge in [-0.05, 0) is 30.2 Å². The Bertz CT molecular complexity index is 1160. The number of morpholine rings is 1. The van der Waals surface area contributed by atoms with Gasteiger partial charge >= 0.3 is 6.03 Å². The van der Waals surface area contributed by atoms with Crippen molar-refractivity contribution in [1.82, 2.24) is 19.8 Å². The Morgan fingerprint density at radius 1 is 1.23 bits per heavy atom. The highest BCUT2D eigenvalue weighted by molar-refractivity contribution is 7.19. The highest BCUT2D eigenvalue weighted by Crippen LogP contribution is 2.38. The molecule has 9 nitrogen and oxygen atoms in total. The third-order valence-corrected chi connectivity index (χ3v) is 6.82. The molecule has 2 aliphatic rings. The molecule has 0 saturated carbocycles. The lowest BCUT2D eigenvalue weighted by atomic mass is 10.0. The number of ether oxygens (including phenoxy) is 1. The summed E-state index contributed by atoms with van der Waals surface area (Å²) < 4.78 is 5.36. The van der Waals surface area contributed by atoms with Gasteiger partial charge in [-0.25, -0.2) is 14.8 Å². The van der Waals surface area contributed by atoms with Crippen molar-refractivity contribution in [3.63, 3.8) is 0 Å². The summed E-state index contributed by atoms with van der Waals surface area (Å²) in [6.45, 7) is 3.75. The lowest BCUT2D eigenvalue weighted by Crippen LogP contribution is -2.49. The molecule has 10 heteroatoms. The Hall–Kier alpha value is -3.24. The summed E-state index contributed by atoms with van der Waals surface area (Å²) in [7, 11) is 0. The SMILES string of the molecule is N=Cc1cc(Nc2ncnc3sc4c(c23)CCN(C(=O)N2CCOCC2)C4)ccc1N. The summed E-state index contributed by atoms with van der Waals surface area (Å²) in [4.78, 5) is 27.7. The maximum atomic E-state index is 12.9. The maximum absolute atomic E-state index is 12.9. The second-order valence-corrected chi connectivity index (χ2v) is 8.66. The molecule has 0 aliphatic carbocycles. The van der Waals surface area contributed by atoms with Crippen LogP contribution in [0.1, 0.15) is 16.0 Å². The fraction of sp³-hybridized carbons (Fsp3) is 0.333. The molecule has 2 amide bonds. The molecule has 0 spiro atoms. The number of hydrogen-bond acceptors (Lipinski definition) is 8. The van der Waals surface area contributed by atoms with E-state index in [-0.39, 0.29) is 6.03 Å². The van der Waals surface area contributed by atoms with Crippen molar-refractivity contribution in [1.29, 1.82) is 5.41 Å². The van der Waals surface area contributed by atoms with Crippen LogP contribution < -0.4 is 11.1 Å². The molecule has 2 aromatic heterocycles. The van der Waals surface area contributed by atoms with E-state index in [4.69, 9.17) is 15.9 Å². The molecule has 5 rings (SSSR count). The maximum Gasteiger partial charge on any atom is 0.320 e. The monoisotopic (exact) mass is 437 g/mol. The third-order valence-electron chi connectivity index (χ3n) is 5.69. The largest absolute Gasteiger partial charge is 0.398 e. The standard InChI is InChI=1S/C21H23N7O2S/c22-10-13-9-14(1-2-16(13)23)26-19-18-15-3-4-28(21(29)27-5-7-30-8-6-27)11-17(15)31-20(18)25-12-24-19/h1-2,9-10,12,22H,3-8,11,23H2,(H,24,25,26). The fourth-order valence-electron chi connectivity index (χ4n) is 4.05. The van der Waals surface area contributed by atoms with Gasteiger partial charge in [0.25, 0.3) is 0 Å². The highest BCUT2D eigenvalue weighted by Gasteiger charge is 2.29. The third kappa shape index (κ3) is 3.68. The first-order valence-electron chi connectivity index (χ1n) is 10.2. The molecule has 0 unspecified atom stereocenters. The molecule has 0 atom stereocenters. The molecule has 0 radical (unpaired) electrons. The van der Waals surface area contributed by atoms with Crippen molar-refractivity contribution in [2.24, 2.45) is 0 Å². The minimum absolute atomic E-state index is 0.0805. The van der Waals surface area contributed by atoms with Crippen LogP contribution in [0, 0.1) is 5.41 Å². The van der Waals surface area contributed by atoms with Crippen LogP contribution in [-0.4, -0.2) is 64.9 Å². The smallest absolute Gasteiger partial charge is 0.320 e. The summed E-state index contributed by atoms with van der Waals surface area (Å²) >= 11 is 1.62. The first kappa shape index (κ1) is 19.7. The van der Waals surface area contributed by atoms with E-state index < -0.39 is 0 Å². The van der Waals surface area contributed by atoms with Crippen molar-refractivity contribution in [2.75, 3.05) is 43.9 Å². The number of nitrogens with zero attached hydrogens (tertiary/aromatic N) is 4. The highest BCUT2D eigenvalue weighted by atomic mass is 32.1. The summed E-state index contributed by atoms with van der Waals surface area (Å²) in [5.74, 6) is 0.733. The molecular formula is C21H23N7O2S. The van der Waals surface area contributed by atoms with Gasteiger partial charge in [0.2, 0.25) is 0 Å². The van der Waals surface area contributed by atoms with Crippen LogP contribution in [0.25, 0.3) is 10.2 Å². The van der Waals surface area contributed by atoms with E-state index in [0.29, 0.717) is 50.6 Å². The topological polar surface area (TPSA) is 120 Å². The Labute approximate surface area is 183 Å². The number of hydrogen-bond donors (Lipinski definition) is 3. The zero-order valence-corrected chi connectivity index (χ0v) is 17.7. The van der Waals surface area contributed by atoms with Crippen molar-refractivity contribution in [2.45, 2.75) is 13.0 Å². The number of urea groups is 1. The van der Waals surface area contributed by atoms with Gasteiger partial charge < -0.3 is 31.0 Å². The number of benzene rings is 1. The fourth-order valence-corrected chi connectivity index (χ4v) is 5.26. The van der Waals surface area contributed by atoms with Crippen LogP contribution in [-0.2, 0) is 17.7 Å². The molecule has 3 aromatic rings. The number of nitrogen functional groups attached to an aromatic ring is 1. The van der Waals surface area contributed by atoms with Crippen LogP contribution in [0.4, 0.5) is 22.0 Å². The molecule has 0 bridgehead atoms. The van der Waals surface area contributed by atoms with Crippen molar-refractivity contribution in [3.8, 4) is 0 Å². The predicted molar refractivity (Wildman–Crippen MR) is 121 cm³/mol. The van der Waals surface area contributed by atoms with Gasteiger partial charge in [0, 0.05) is 47.7 Å². The van der Waals surface area contributed by atoms with E-state index in [9.17, 15) is 4.79 Å². The van der Waals surface area contributed by atoms with Crippen molar-refractivity contribution < 1.29 is 9.53 Å². The van der Waals surface area contributed by atoms with Gasteiger partial charge in [-0.1, -0.05) is 0 Å². The van der Waals surface area contributed by atoms with E-state index in [1.165, 1.54) is 11.8 Å². The lowest BCUT2D eigenvalue weighted by molar-refractivity contribution is 0.0423. The Morgan fingerprint density at radius 2 is 2.06 bits per heavy atom. The van der Waals surface area contributed by atoms with Crippen LogP contribution in [0.3, 0.4) is 0 Å². The molecule has 2 aliphatic heterocycles. The average Bonchev–Trinajstić information content (AvgIpc) is 3.19. The second-order valence-electron chi connectivity index (χ2n) is 7.57. The minimum Gasteiger partial charge on any atom is -0.398 e. The van der Waals surface area contributed by atoms with Gasteiger partial charge in [0.1, 0.15) is 17.0 Å². The van der Waals surface area contributed by atoms with E-state index in [1.54, 1.807) is 23.7 Å². The molecule has 4 heterocycles. The number of fused-ring (bicyclic) bond motifs is 3. The summed E-state index contributed by atoms with van der Waals surface area (Å²) in [6, 6.07) is 5.56. The van der Waals surface area contributed by atoms with E-state index in [0.717, 1.165) is 33.0 Å². The van der Waals surface area contributed by atoms with Gasteiger partial charge in [-0.3, -0.25) is 0 Å². The summed E-state index contributed by atoms with van der Waals surface area (Å²) in [5.41, 5.74) is 9.14. The molecular weight excluding hydrogens is 414 g/mol. The number of carbonyl (C=O) groups excluding carboxylic acids is 1. The van der Waals surface area contributed by atoms with E-state index in [1.807, 2.05) is 21.9 Å². The first-order valence-corrected chi connectivity index (χ1v) is 11.0. The van der Waals surface area contributed by atoms with Crippen molar-refractivity contribution >= 4 is 51.0 Å². The van der Waals surface area contributed by atoms with Crippen LogP contribution in [0.5, 0.6) is 0 Å². The number of nitrogens with two attached hydrogens (primary N) is 1. The Balaban J connectivity index is 1.43.